The summed E-state index contributed by atoms with van der Waals surface area (Å²) in [5, 5.41) is 14.0. The third kappa shape index (κ3) is 9.39. The molecule has 1 aliphatic rings. The van der Waals surface area contributed by atoms with Crippen molar-refractivity contribution in [1.82, 2.24) is 10.6 Å². The quantitative estimate of drug-likeness (QED) is 0.453. The highest BCUT2D eigenvalue weighted by Crippen LogP contribution is 1.80. The van der Waals surface area contributed by atoms with Crippen molar-refractivity contribution in [2.75, 3.05) is 19.6 Å². The van der Waals surface area contributed by atoms with E-state index in [1.54, 1.807) is 0 Å². The van der Waals surface area contributed by atoms with Crippen molar-refractivity contribution in [3.63, 3.8) is 0 Å². The molecule has 0 aromatic heterocycles. The topological polar surface area (TPSA) is 61.4 Å². The van der Waals surface area contributed by atoms with Crippen molar-refractivity contribution in [1.29, 1.82) is 0 Å². The Morgan fingerprint density at radius 3 is 2.27 bits per heavy atom. The molecule has 1 unspecified atom stereocenters. The fraction of sp³-hybridized carbons (Fsp3) is 0.857. The third-order valence-electron chi connectivity index (χ3n) is 1.25. The molecule has 0 aromatic rings. The van der Waals surface area contributed by atoms with E-state index in [9.17, 15) is 0 Å². The van der Waals surface area contributed by atoms with Gasteiger partial charge in [-0.05, 0) is 6.92 Å². The van der Waals surface area contributed by atoms with Crippen LogP contribution in [0.2, 0.25) is 0 Å². The predicted octanol–water partition coefficient (Wildman–Crippen LogP) is -0.341. The summed E-state index contributed by atoms with van der Waals surface area (Å²) in [5.41, 5.74) is 0. The molecule has 66 valence electrons. The zero-order valence-electron chi connectivity index (χ0n) is 7.05. The fourth-order valence-corrected chi connectivity index (χ4v) is 0.798. The Morgan fingerprint density at radius 2 is 2.09 bits per heavy atom. The highest BCUT2D eigenvalue weighted by atomic mass is 16.4. The van der Waals surface area contributed by atoms with Crippen molar-refractivity contribution >= 4 is 5.97 Å². The largest absolute Gasteiger partial charge is 0.481 e. The van der Waals surface area contributed by atoms with E-state index in [-0.39, 0.29) is 0 Å². The number of nitrogens with one attached hydrogen (secondary N) is 2. The lowest BCUT2D eigenvalue weighted by molar-refractivity contribution is -0.134. The molecule has 1 rings (SSSR count). The average molecular weight is 160 g/mol. The van der Waals surface area contributed by atoms with Crippen molar-refractivity contribution in [2.45, 2.75) is 19.9 Å². The number of carboxylic acids is 1. The molecule has 1 aliphatic heterocycles. The highest BCUT2D eigenvalue weighted by Gasteiger charge is 2.03. The van der Waals surface area contributed by atoms with Crippen LogP contribution in [-0.2, 0) is 4.79 Å². The van der Waals surface area contributed by atoms with Crippen LogP contribution in [-0.4, -0.2) is 36.8 Å². The fourth-order valence-electron chi connectivity index (χ4n) is 0.798. The van der Waals surface area contributed by atoms with Gasteiger partial charge in [0.15, 0.2) is 0 Å². The molecule has 0 bridgehead atoms. The average Bonchev–Trinajstić information content (AvgIpc) is 1.87. The van der Waals surface area contributed by atoms with Crippen LogP contribution in [0.5, 0.6) is 0 Å². The first-order valence-electron chi connectivity index (χ1n) is 3.76. The van der Waals surface area contributed by atoms with Gasteiger partial charge in [-0.25, -0.2) is 0 Å². The second-order valence-electron chi connectivity index (χ2n) is 2.58. The second kappa shape index (κ2) is 6.12. The minimum Gasteiger partial charge on any atom is -0.481 e. The van der Waals surface area contributed by atoms with Gasteiger partial charge in [0, 0.05) is 32.6 Å². The molecular formula is C7H16N2O2. The summed E-state index contributed by atoms with van der Waals surface area (Å²) in [4.78, 5) is 9.00. The molecule has 0 spiro atoms. The van der Waals surface area contributed by atoms with Gasteiger partial charge in [0.2, 0.25) is 0 Å². The molecular weight excluding hydrogens is 144 g/mol. The molecule has 1 heterocycles. The number of piperazine rings is 1. The van der Waals surface area contributed by atoms with Crippen molar-refractivity contribution < 1.29 is 9.90 Å². The van der Waals surface area contributed by atoms with E-state index >= 15 is 0 Å². The van der Waals surface area contributed by atoms with Gasteiger partial charge in [-0.3, -0.25) is 4.79 Å². The summed E-state index contributed by atoms with van der Waals surface area (Å²) < 4.78 is 0. The summed E-state index contributed by atoms with van der Waals surface area (Å²) in [6.07, 6.45) is 0. The minimum atomic E-state index is -0.833. The van der Waals surface area contributed by atoms with E-state index in [1.165, 1.54) is 0 Å². The predicted molar refractivity (Wildman–Crippen MR) is 43.6 cm³/mol. The van der Waals surface area contributed by atoms with Crippen LogP contribution in [0.1, 0.15) is 13.8 Å². The molecule has 0 radical (unpaired) electrons. The van der Waals surface area contributed by atoms with Gasteiger partial charge >= 0.3 is 0 Å². The Labute approximate surface area is 67.0 Å². The summed E-state index contributed by atoms with van der Waals surface area (Å²) in [5.74, 6) is -0.833. The monoisotopic (exact) mass is 160 g/mol. The maximum Gasteiger partial charge on any atom is 0.300 e. The van der Waals surface area contributed by atoms with E-state index in [2.05, 4.69) is 17.6 Å². The zero-order chi connectivity index (χ0) is 8.69. The lowest BCUT2D eigenvalue weighted by atomic mass is 10.3. The van der Waals surface area contributed by atoms with Gasteiger partial charge in [0.05, 0.1) is 0 Å². The number of carboxylic acid groups (broad SMARTS) is 1. The first-order valence-corrected chi connectivity index (χ1v) is 3.76. The van der Waals surface area contributed by atoms with Gasteiger partial charge in [-0.2, -0.15) is 0 Å². The van der Waals surface area contributed by atoms with Crippen molar-refractivity contribution in [2.24, 2.45) is 0 Å². The summed E-state index contributed by atoms with van der Waals surface area (Å²) in [7, 11) is 0. The number of hydrogen-bond acceptors (Lipinski definition) is 3. The van der Waals surface area contributed by atoms with Crippen LogP contribution in [0.4, 0.5) is 0 Å². The highest BCUT2D eigenvalue weighted by molar-refractivity contribution is 5.62. The minimum absolute atomic E-state index is 0.675. The number of carbonyl (C=O) groups is 1. The summed E-state index contributed by atoms with van der Waals surface area (Å²) >= 11 is 0. The molecule has 3 N–H and O–H groups in total. The summed E-state index contributed by atoms with van der Waals surface area (Å²) in [6, 6.07) is 0.675. The van der Waals surface area contributed by atoms with E-state index in [0.717, 1.165) is 26.6 Å². The molecule has 0 aliphatic carbocycles. The number of aliphatic carboxylic acids is 1. The van der Waals surface area contributed by atoms with Gasteiger partial charge in [-0.1, -0.05) is 0 Å². The van der Waals surface area contributed by atoms with Crippen LogP contribution < -0.4 is 10.6 Å². The maximum atomic E-state index is 9.00. The molecule has 11 heavy (non-hydrogen) atoms. The summed E-state index contributed by atoms with van der Waals surface area (Å²) in [6.45, 7) is 6.65. The second-order valence-corrected chi connectivity index (χ2v) is 2.58. The molecule has 1 saturated heterocycles. The molecule has 0 amide bonds. The number of rotatable bonds is 0. The van der Waals surface area contributed by atoms with Crippen LogP contribution in [0, 0.1) is 0 Å². The lowest BCUT2D eigenvalue weighted by Crippen LogP contribution is -2.46. The Morgan fingerprint density at radius 1 is 1.55 bits per heavy atom. The first-order chi connectivity index (χ1) is 5.13. The Hall–Kier alpha value is -0.610. The molecule has 4 heteroatoms. The standard InChI is InChI=1S/C5H12N2.C2H4O2/c1-5-4-6-2-3-7-5;1-2(3)4/h5-7H,2-4H2,1H3;1H3,(H,3,4). The Bertz CT molecular complexity index is 107. The smallest absolute Gasteiger partial charge is 0.300 e. The normalized spacial score (nSPS) is 23.3. The van der Waals surface area contributed by atoms with E-state index in [1.807, 2.05) is 0 Å². The maximum absolute atomic E-state index is 9.00. The van der Waals surface area contributed by atoms with Crippen LogP contribution >= 0.6 is 0 Å². The van der Waals surface area contributed by atoms with Gasteiger partial charge in [0.25, 0.3) is 5.97 Å². The third-order valence-corrected chi connectivity index (χ3v) is 1.25. The van der Waals surface area contributed by atoms with Gasteiger partial charge < -0.3 is 15.7 Å². The van der Waals surface area contributed by atoms with Gasteiger partial charge in [-0.15, -0.1) is 0 Å². The SMILES string of the molecule is CC(=O)O.CC1CNCCN1. The van der Waals surface area contributed by atoms with Crippen LogP contribution in [0.25, 0.3) is 0 Å². The first kappa shape index (κ1) is 10.4. The van der Waals surface area contributed by atoms with Crippen LogP contribution in [0.15, 0.2) is 0 Å². The van der Waals surface area contributed by atoms with Crippen molar-refractivity contribution in [3.8, 4) is 0 Å². The van der Waals surface area contributed by atoms with E-state index in [0.29, 0.717) is 6.04 Å². The molecule has 4 nitrogen and oxygen atoms in total. The molecule has 1 fully saturated rings. The zero-order valence-corrected chi connectivity index (χ0v) is 7.05. The van der Waals surface area contributed by atoms with Crippen LogP contribution in [0.3, 0.4) is 0 Å². The molecule has 0 aromatic carbocycles. The number of hydrogen-bond donors (Lipinski definition) is 3. The van der Waals surface area contributed by atoms with E-state index in [4.69, 9.17) is 9.90 Å². The van der Waals surface area contributed by atoms with Gasteiger partial charge in [0.1, 0.15) is 0 Å². The molecule has 1 atom stereocenters. The van der Waals surface area contributed by atoms with Crippen molar-refractivity contribution in [3.05, 3.63) is 0 Å². The Kier molecular flexibility index (Phi) is 5.78. The lowest BCUT2D eigenvalue weighted by Gasteiger charge is -2.19. The Balaban J connectivity index is 0.000000218. The molecule has 0 saturated carbocycles. The van der Waals surface area contributed by atoms with E-state index < -0.39 is 5.97 Å².